The predicted octanol–water partition coefficient (Wildman–Crippen LogP) is 5.56. The molecule has 0 bridgehead atoms. The molecule has 0 radical (unpaired) electrons. The minimum absolute atomic E-state index is 0.120. The number of amides is 1. The van der Waals surface area contributed by atoms with Crippen LogP contribution < -0.4 is 0 Å². The molecule has 44 heavy (non-hydrogen) atoms. The molecule has 1 amide bonds. The fourth-order valence-electron chi connectivity index (χ4n) is 5.30. The van der Waals surface area contributed by atoms with Crippen molar-refractivity contribution in [1.29, 1.82) is 0 Å². The Balaban J connectivity index is 1.64. The van der Waals surface area contributed by atoms with Gasteiger partial charge in [-0.15, -0.1) is 0 Å². The van der Waals surface area contributed by atoms with E-state index in [0.717, 1.165) is 34.9 Å². The molecule has 2 heterocycles. The van der Waals surface area contributed by atoms with Crippen LogP contribution in [0, 0.1) is 0 Å². The van der Waals surface area contributed by atoms with Crippen molar-refractivity contribution in [3.05, 3.63) is 78.1 Å². The highest BCUT2D eigenvalue weighted by Gasteiger charge is 2.40. The number of aromatic nitrogens is 2. The van der Waals surface area contributed by atoms with Crippen LogP contribution in [0.25, 0.3) is 11.4 Å². The Labute approximate surface area is 263 Å². The third-order valence-corrected chi connectivity index (χ3v) is 15.1. The molecule has 12 heteroatoms. The van der Waals surface area contributed by atoms with Gasteiger partial charge in [-0.1, -0.05) is 69.3 Å². The number of benzene rings is 2. The molecule has 2 atom stereocenters. The molecule has 1 N–H and O–H groups in total. The zero-order chi connectivity index (χ0) is 32.3. The molecular weight excluding hydrogens is 595 g/mol. The van der Waals surface area contributed by atoms with Gasteiger partial charge >= 0.3 is 16.3 Å². The summed E-state index contributed by atoms with van der Waals surface area (Å²) >= 11 is 0. The van der Waals surface area contributed by atoms with Crippen molar-refractivity contribution in [3.63, 3.8) is 0 Å². The van der Waals surface area contributed by atoms with Crippen molar-refractivity contribution >= 4 is 24.6 Å². The second kappa shape index (κ2) is 13.5. The summed E-state index contributed by atoms with van der Waals surface area (Å²) in [6.07, 6.45) is 3.01. The molecule has 0 aliphatic carbocycles. The number of hydrogen-bond donors (Lipinski definition) is 1. The summed E-state index contributed by atoms with van der Waals surface area (Å²) in [4.78, 5) is 20.7. The Hall–Kier alpha value is -3.03. The molecule has 1 aliphatic rings. The molecule has 1 saturated heterocycles. The maximum atomic E-state index is 13.0. The van der Waals surface area contributed by atoms with E-state index in [4.69, 9.17) is 4.43 Å². The molecule has 1 aliphatic heterocycles. The van der Waals surface area contributed by atoms with Gasteiger partial charge in [-0.3, -0.25) is 0 Å². The largest absolute Gasteiger partial charge is 0.465 e. The van der Waals surface area contributed by atoms with Gasteiger partial charge in [-0.25, -0.2) is 13.8 Å². The van der Waals surface area contributed by atoms with Gasteiger partial charge in [0.05, 0.1) is 6.10 Å². The summed E-state index contributed by atoms with van der Waals surface area (Å²) in [5, 5.41) is 10.4. The molecule has 2 aromatic carbocycles. The second-order valence-electron chi connectivity index (χ2n) is 13.4. The summed E-state index contributed by atoms with van der Waals surface area (Å²) in [5.74, 6) is 0.137. The average Bonchev–Trinajstić information content (AvgIpc) is 3.62. The zero-order valence-electron chi connectivity index (χ0n) is 27.0. The molecule has 0 spiro atoms. The maximum absolute atomic E-state index is 13.0. The number of carbonyl (C=O) groups is 1. The fourth-order valence-corrected chi connectivity index (χ4v) is 7.61. The standard InChI is InChI=1S/C32H47N5O5SSi/c1-32(2,3)44(6,7)42-29-16-18-35(24-29)22-28(23-36(31(38)39)21-25-12-9-8-10-13-25)26-14-11-15-27(20-26)30-33-17-19-37(30)43(40,41)34(4)5/h8-15,17,19-20,28-29H,16,18,21-24H2,1-7H3,(H,38,39)/t28-,29-/m0/s1. The lowest BCUT2D eigenvalue weighted by atomic mass is 9.95. The molecule has 240 valence electrons. The Morgan fingerprint density at radius 3 is 2.48 bits per heavy atom. The Morgan fingerprint density at radius 2 is 1.84 bits per heavy atom. The highest BCUT2D eigenvalue weighted by molar-refractivity contribution is 7.87. The van der Waals surface area contributed by atoms with Crippen LogP contribution >= 0.6 is 0 Å². The van der Waals surface area contributed by atoms with Crippen LogP contribution in [0.15, 0.2) is 67.0 Å². The number of hydrogen-bond acceptors (Lipinski definition) is 6. The number of imidazole rings is 1. The summed E-state index contributed by atoms with van der Waals surface area (Å²) in [6.45, 7) is 14.1. The highest BCUT2D eigenvalue weighted by Crippen LogP contribution is 2.38. The van der Waals surface area contributed by atoms with Gasteiger partial charge in [0.1, 0.15) is 0 Å². The minimum atomic E-state index is -3.78. The van der Waals surface area contributed by atoms with E-state index in [1.54, 1.807) is 0 Å². The van der Waals surface area contributed by atoms with E-state index in [2.05, 4.69) is 43.7 Å². The summed E-state index contributed by atoms with van der Waals surface area (Å²) in [7, 11) is -2.74. The van der Waals surface area contributed by atoms with Crippen LogP contribution in [0.4, 0.5) is 4.79 Å². The first-order valence-corrected chi connectivity index (χ1v) is 19.4. The van der Waals surface area contributed by atoms with Gasteiger partial charge in [-0.05, 0) is 41.7 Å². The van der Waals surface area contributed by atoms with Gasteiger partial charge in [0.25, 0.3) is 0 Å². The highest BCUT2D eigenvalue weighted by atomic mass is 32.2. The van der Waals surface area contributed by atoms with Gasteiger partial charge < -0.3 is 19.3 Å². The lowest BCUT2D eigenvalue weighted by Crippen LogP contribution is -2.44. The van der Waals surface area contributed by atoms with Crippen LogP contribution in [0.5, 0.6) is 0 Å². The van der Waals surface area contributed by atoms with Crippen LogP contribution in [0.1, 0.15) is 44.2 Å². The lowest BCUT2D eigenvalue weighted by Gasteiger charge is -2.38. The second-order valence-corrected chi connectivity index (χ2v) is 20.1. The van der Waals surface area contributed by atoms with Crippen molar-refractivity contribution < 1.29 is 22.7 Å². The van der Waals surface area contributed by atoms with Crippen molar-refractivity contribution in [2.45, 2.75) is 63.9 Å². The SMILES string of the molecule is CN(C)S(=O)(=O)n1ccnc1-c1cccc([C@@H](CN2CC[C@H](O[Si](C)(C)C(C)(C)C)C2)CN(Cc2ccccc2)C(=O)O)c1. The molecule has 0 unspecified atom stereocenters. The third-order valence-electron chi connectivity index (χ3n) is 8.84. The first-order valence-electron chi connectivity index (χ1n) is 15.1. The lowest BCUT2D eigenvalue weighted by molar-refractivity contribution is 0.133. The molecule has 1 fully saturated rings. The summed E-state index contributed by atoms with van der Waals surface area (Å²) < 4.78 is 35.0. The van der Waals surface area contributed by atoms with E-state index >= 15 is 0 Å². The smallest absolute Gasteiger partial charge is 0.407 e. The molecule has 1 aromatic heterocycles. The number of nitrogens with zero attached hydrogens (tertiary/aromatic N) is 5. The minimum Gasteiger partial charge on any atom is -0.465 e. The third kappa shape index (κ3) is 7.97. The van der Waals surface area contributed by atoms with Gasteiger partial charge in [0, 0.05) is 70.7 Å². The first-order chi connectivity index (χ1) is 20.6. The van der Waals surface area contributed by atoms with E-state index in [0.29, 0.717) is 17.9 Å². The van der Waals surface area contributed by atoms with Crippen LogP contribution in [-0.4, -0.2) is 97.4 Å². The normalized spacial score (nSPS) is 17.2. The van der Waals surface area contributed by atoms with Crippen LogP contribution in [-0.2, 0) is 21.2 Å². The van der Waals surface area contributed by atoms with Crippen molar-refractivity contribution in [2.24, 2.45) is 0 Å². The summed E-state index contributed by atoms with van der Waals surface area (Å²) in [6, 6.07) is 17.2. The molecular formula is C32H47N5O5SSi. The first kappa shape index (κ1) is 33.9. The average molecular weight is 642 g/mol. The van der Waals surface area contributed by atoms with E-state index in [9.17, 15) is 18.3 Å². The van der Waals surface area contributed by atoms with Crippen LogP contribution in [0.3, 0.4) is 0 Å². The summed E-state index contributed by atoms with van der Waals surface area (Å²) in [5.41, 5.74) is 2.49. The van der Waals surface area contributed by atoms with Gasteiger partial charge in [0.15, 0.2) is 14.1 Å². The number of rotatable bonds is 12. The molecule has 3 aromatic rings. The quantitative estimate of drug-likeness (QED) is 0.258. The van der Waals surface area contributed by atoms with E-state index in [1.807, 2.05) is 54.6 Å². The molecule has 4 rings (SSSR count). The van der Waals surface area contributed by atoms with Crippen molar-refractivity contribution in [1.82, 2.24) is 23.1 Å². The van der Waals surface area contributed by atoms with Crippen LogP contribution in [0.2, 0.25) is 18.1 Å². The molecule has 10 nitrogen and oxygen atoms in total. The van der Waals surface area contributed by atoms with Crippen molar-refractivity contribution in [3.8, 4) is 11.4 Å². The van der Waals surface area contributed by atoms with Gasteiger partial charge in [0.2, 0.25) is 0 Å². The zero-order valence-corrected chi connectivity index (χ0v) is 28.8. The number of likely N-dealkylation sites (tertiary alicyclic amines) is 1. The molecule has 0 saturated carbocycles. The van der Waals surface area contributed by atoms with E-state index in [-0.39, 0.29) is 30.1 Å². The monoisotopic (exact) mass is 641 g/mol. The Bertz CT molecular complexity index is 1520. The Morgan fingerprint density at radius 1 is 1.14 bits per heavy atom. The number of carboxylic acid groups (broad SMARTS) is 1. The van der Waals surface area contributed by atoms with E-state index < -0.39 is 24.6 Å². The van der Waals surface area contributed by atoms with E-state index in [1.165, 1.54) is 35.4 Å². The topological polar surface area (TPSA) is 108 Å². The Kier molecular flexibility index (Phi) is 10.4. The predicted molar refractivity (Wildman–Crippen MR) is 176 cm³/mol. The van der Waals surface area contributed by atoms with Crippen molar-refractivity contribution in [2.75, 3.05) is 40.3 Å². The van der Waals surface area contributed by atoms with Gasteiger partial charge in [-0.2, -0.15) is 12.7 Å². The fraction of sp³-hybridized carbons (Fsp3) is 0.500. The maximum Gasteiger partial charge on any atom is 0.407 e.